The Kier molecular flexibility index (Phi) is 30.4. The van der Waals surface area contributed by atoms with Gasteiger partial charge in [-0.1, -0.05) is 50.6 Å². The van der Waals surface area contributed by atoms with Gasteiger partial charge in [0.2, 0.25) is 63.2 Å². The quantitative estimate of drug-likeness (QED) is 0.0271. The van der Waals surface area contributed by atoms with Crippen molar-refractivity contribution in [2.45, 2.75) is 151 Å². The van der Waals surface area contributed by atoms with Gasteiger partial charge in [0.1, 0.15) is 47.8 Å². The van der Waals surface area contributed by atoms with Crippen molar-refractivity contribution in [1.82, 2.24) is 52.2 Å². The first kappa shape index (κ1) is 73.9. The number of carbonyl (C=O) groups excluding carboxylic acids is 9. The van der Waals surface area contributed by atoms with E-state index in [1.165, 1.54) is 31.4 Å². The number of fused-ring (bicyclic) bond motifs is 1. The second kappa shape index (κ2) is 37.5. The number of rotatable bonds is 42. The van der Waals surface area contributed by atoms with Gasteiger partial charge in [-0.3, -0.25) is 57.5 Å². The molecular formula is C60H80FN11O18S. The molecule has 6 unspecified atom stereocenters. The molecule has 496 valence electrons. The number of benzene rings is 3. The van der Waals surface area contributed by atoms with Crippen molar-refractivity contribution in [3.05, 3.63) is 95.9 Å². The first-order valence-electron chi connectivity index (χ1n) is 29.4. The minimum Gasteiger partial charge on any atom is -0.497 e. The lowest BCUT2D eigenvalue weighted by Crippen LogP contribution is -2.58. The summed E-state index contributed by atoms with van der Waals surface area (Å²) in [5, 5.41) is 49.3. The van der Waals surface area contributed by atoms with Gasteiger partial charge < -0.3 is 73.3 Å². The molecule has 3 aromatic carbocycles. The lowest BCUT2D eigenvalue weighted by Gasteiger charge is -2.26. The molecule has 15 N–H and O–H groups in total. The van der Waals surface area contributed by atoms with Gasteiger partial charge in [0.25, 0.3) is 0 Å². The molecule has 1 aromatic heterocycles. The largest absolute Gasteiger partial charge is 0.497 e. The summed E-state index contributed by atoms with van der Waals surface area (Å²) in [7, 11) is -3.27. The summed E-state index contributed by atoms with van der Waals surface area (Å²) >= 11 is 0. The van der Waals surface area contributed by atoms with Crippen LogP contribution in [0, 0.1) is 11.7 Å². The molecule has 0 saturated heterocycles. The Hall–Kier alpha value is -9.52. The van der Waals surface area contributed by atoms with E-state index in [4.69, 9.17) is 10.5 Å². The van der Waals surface area contributed by atoms with Crippen molar-refractivity contribution in [3.8, 4) is 5.75 Å². The molecule has 0 aliphatic carbocycles. The third kappa shape index (κ3) is 27.0. The number of ether oxygens (including phenoxy) is 1. The number of halogens is 1. The zero-order valence-corrected chi connectivity index (χ0v) is 51.4. The highest BCUT2D eigenvalue weighted by molar-refractivity contribution is 7.89. The lowest BCUT2D eigenvalue weighted by molar-refractivity contribution is -0.140. The smallest absolute Gasteiger partial charge is 0.305 e. The summed E-state index contributed by atoms with van der Waals surface area (Å²) in [4.78, 5) is 158. The number of nitrogens with two attached hydrogens (primary N) is 1. The maximum atomic E-state index is 14.6. The Balaban J connectivity index is 1.48. The van der Waals surface area contributed by atoms with Crippen LogP contribution in [-0.2, 0) is 80.4 Å². The molecular weight excluding hydrogens is 1210 g/mol. The number of hydrogen-bond donors (Lipinski definition) is 14. The Labute approximate surface area is 524 Å². The number of sulfonamides is 1. The normalized spacial score (nSPS) is 13.2. The zero-order chi connectivity index (χ0) is 67.2. The monoisotopic (exact) mass is 1290 g/mol. The van der Waals surface area contributed by atoms with Crippen LogP contribution in [0.2, 0.25) is 0 Å². The number of methoxy groups -OCH3 is 1. The predicted molar refractivity (Wildman–Crippen MR) is 325 cm³/mol. The zero-order valence-electron chi connectivity index (χ0n) is 50.6. The van der Waals surface area contributed by atoms with E-state index in [-0.39, 0.29) is 48.9 Å². The standard InChI is InChI=1S/C60H80FN11O18S/c1-35(2)28-50(74)63-26-10-8-16-43(55(62)82)67-49(73)17-5-4-9-27-64-56(83)44(22-24-52(76)77)69-59(86)47(31-37-33-65-42-15-7-6-14-41(37)42)71-58(85)46(30-36-12-11-13-38(61)29-36)68-51(75)34-66-57(84)45(23-25-53(78)79)70-60(87)48(32-54(80)81)72-91(88,89)40-20-18-39(90-3)19-21-40/h6-7,11-15,18-21,29,33,35,43-48,65,72H,4-5,8-10,16-17,22-28,30-32,34H2,1-3H3,(H2,62,82)(H,63,74)(H,64,83)(H,66,84)(H,67,73)(H,68,75)(H,69,86)(H,70,87)(H,71,85)(H,76,77)(H,78,79)(H,80,81). The third-order valence-electron chi connectivity index (χ3n) is 14.0. The predicted octanol–water partition coefficient (Wildman–Crippen LogP) is 0.687. The average Bonchev–Trinajstić information content (AvgIpc) is 2.24. The molecule has 4 rings (SSSR count). The molecule has 9 amide bonds. The Bertz CT molecular complexity index is 3310. The highest BCUT2D eigenvalue weighted by Gasteiger charge is 2.34. The van der Waals surface area contributed by atoms with Crippen molar-refractivity contribution in [1.29, 1.82) is 0 Å². The van der Waals surface area contributed by atoms with Gasteiger partial charge in [-0.25, -0.2) is 12.8 Å². The van der Waals surface area contributed by atoms with Crippen LogP contribution >= 0.6 is 0 Å². The average molecular weight is 1290 g/mol. The molecule has 0 fully saturated rings. The molecule has 0 aliphatic rings. The van der Waals surface area contributed by atoms with Crippen LogP contribution in [0.3, 0.4) is 0 Å². The van der Waals surface area contributed by atoms with E-state index < -0.39 is 167 Å². The van der Waals surface area contributed by atoms with Gasteiger partial charge in [-0.2, -0.15) is 4.72 Å². The SMILES string of the molecule is COc1ccc(S(=O)(=O)NC(CC(=O)O)C(=O)NC(CCC(=O)O)C(=O)NCC(=O)NC(Cc2cccc(F)c2)C(=O)NC(Cc2c[nH]c3ccccc23)C(=O)NC(CCC(=O)O)C(=O)NCCCCCC(=O)NC(CCCCNC(=O)CC(C)C)C(N)=O)cc1. The summed E-state index contributed by atoms with van der Waals surface area (Å²) in [6, 6.07) is 7.10. The van der Waals surface area contributed by atoms with Crippen molar-refractivity contribution in [2.75, 3.05) is 26.7 Å². The van der Waals surface area contributed by atoms with Crippen molar-refractivity contribution < 1.29 is 90.4 Å². The molecule has 0 radical (unpaired) electrons. The van der Waals surface area contributed by atoms with Crippen LogP contribution in [0.25, 0.3) is 10.9 Å². The molecule has 4 aromatic rings. The minimum absolute atomic E-state index is 0.0225. The number of aromatic nitrogens is 1. The number of carboxylic acids is 3. The number of H-pyrrole nitrogens is 1. The Morgan fingerprint density at radius 3 is 1.75 bits per heavy atom. The van der Waals surface area contributed by atoms with Gasteiger partial charge in [-0.15, -0.1) is 0 Å². The molecule has 0 spiro atoms. The fourth-order valence-electron chi connectivity index (χ4n) is 9.26. The Morgan fingerprint density at radius 1 is 0.560 bits per heavy atom. The number of aliphatic carboxylic acids is 3. The van der Waals surface area contributed by atoms with Crippen molar-refractivity contribution in [3.63, 3.8) is 0 Å². The fraction of sp³-hybridized carbons (Fsp3) is 0.467. The number of hydrogen-bond acceptors (Lipinski definition) is 15. The van der Waals surface area contributed by atoms with Crippen LogP contribution < -0.4 is 57.7 Å². The topological polar surface area (TPSA) is 459 Å². The van der Waals surface area contributed by atoms with E-state index in [0.29, 0.717) is 61.5 Å². The molecule has 1 heterocycles. The third-order valence-corrected chi connectivity index (χ3v) is 15.4. The van der Waals surface area contributed by atoms with Crippen molar-refractivity contribution >= 4 is 92.0 Å². The molecule has 31 heteroatoms. The maximum absolute atomic E-state index is 14.6. The lowest BCUT2D eigenvalue weighted by atomic mass is 10.0. The number of primary amides is 1. The minimum atomic E-state index is -4.60. The number of aromatic amines is 1. The van der Waals surface area contributed by atoms with E-state index in [0.717, 1.165) is 24.3 Å². The number of carboxylic acid groups (broad SMARTS) is 3. The van der Waals surface area contributed by atoms with Crippen LogP contribution in [0.4, 0.5) is 4.39 Å². The van der Waals surface area contributed by atoms with Gasteiger partial charge in [0.15, 0.2) is 0 Å². The van der Waals surface area contributed by atoms with Crippen LogP contribution in [0.1, 0.15) is 108 Å². The van der Waals surface area contributed by atoms with Gasteiger partial charge in [0.05, 0.1) is 25.0 Å². The fourth-order valence-corrected chi connectivity index (χ4v) is 10.5. The highest BCUT2D eigenvalue weighted by Crippen LogP contribution is 2.21. The number of carbonyl (C=O) groups is 12. The molecule has 29 nitrogen and oxygen atoms in total. The maximum Gasteiger partial charge on any atom is 0.305 e. The van der Waals surface area contributed by atoms with Crippen LogP contribution in [-0.4, -0.2) is 163 Å². The number of para-hydroxylation sites is 1. The van der Waals surface area contributed by atoms with E-state index in [1.54, 1.807) is 30.5 Å². The van der Waals surface area contributed by atoms with Crippen LogP contribution in [0.5, 0.6) is 5.75 Å². The number of amides is 9. The van der Waals surface area contributed by atoms with E-state index >= 15 is 0 Å². The van der Waals surface area contributed by atoms with Gasteiger partial charge in [-0.05, 0) is 104 Å². The van der Waals surface area contributed by atoms with E-state index in [1.807, 2.05) is 18.6 Å². The first-order valence-corrected chi connectivity index (χ1v) is 30.8. The second-order valence-electron chi connectivity index (χ2n) is 21.8. The summed E-state index contributed by atoms with van der Waals surface area (Å²) in [6.07, 6.45) is 0.155. The summed E-state index contributed by atoms with van der Waals surface area (Å²) < 4.78 is 48.0. The van der Waals surface area contributed by atoms with Gasteiger partial charge in [0, 0.05) is 68.7 Å². The Morgan fingerprint density at radius 2 is 1.14 bits per heavy atom. The molecule has 0 saturated carbocycles. The summed E-state index contributed by atoms with van der Waals surface area (Å²) in [5.74, 6) is -12.3. The van der Waals surface area contributed by atoms with E-state index in [9.17, 15) is 85.7 Å². The second-order valence-corrected chi connectivity index (χ2v) is 23.5. The first-order chi connectivity index (χ1) is 43.1. The number of unbranched alkanes of at least 4 members (excludes halogenated alkanes) is 3. The van der Waals surface area contributed by atoms with E-state index in [2.05, 4.69) is 47.5 Å². The molecule has 6 atom stereocenters. The molecule has 0 bridgehead atoms. The molecule has 0 aliphatic heterocycles. The van der Waals surface area contributed by atoms with Gasteiger partial charge >= 0.3 is 17.9 Å². The summed E-state index contributed by atoms with van der Waals surface area (Å²) in [5.41, 5.74) is 6.81. The molecule has 91 heavy (non-hydrogen) atoms. The highest BCUT2D eigenvalue weighted by atomic mass is 32.2. The number of nitrogens with one attached hydrogen (secondary N) is 10. The van der Waals surface area contributed by atoms with Crippen LogP contribution in [0.15, 0.2) is 83.9 Å². The summed E-state index contributed by atoms with van der Waals surface area (Å²) in [6.45, 7) is 3.30. The van der Waals surface area contributed by atoms with Crippen molar-refractivity contribution in [2.24, 2.45) is 11.7 Å².